The minimum atomic E-state index is -0.567. The molecule has 0 bridgehead atoms. The van der Waals surface area contributed by atoms with Crippen molar-refractivity contribution in [3.63, 3.8) is 0 Å². The van der Waals surface area contributed by atoms with Gasteiger partial charge in [-0.3, -0.25) is 9.59 Å². The first-order valence-corrected chi connectivity index (χ1v) is 8.10. The van der Waals surface area contributed by atoms with E-state index in [9.17, 15) is 14.4 Å². The van der Waals surface area contributed by atoms with E-state index in [1.54, 1.807) is 30.8 Å². The van der Waals surface area contributed by atoms with Gasteiger partial charge in [-0.2, -0.15) is 0 Å². The fraction of sp³-hybridized carbons (Fsp3) is 0.812. The van der Waals surface area contributed by atoms with Gasteiger partial charge < -0.3 is 20.4 Å². The van der Waals surface area contributed by atoms with Gasteiger partial charge in [0.25, 0.3) is 0 Å². The average Bonchev–Trinajstić information content (AvgIpc) is 2.44. The van der Waals surface area contributed by atoms with Gasteiger partial charge in [0, 0.05) is 38.6 Å². The van der Waals surface area contributed by atoms with Crippen LogP contribution in [0.5, 0.6) is 0 Å². The Bertz CT molecular complexity index is 449. The number of nitrogens with one attached hydrogen (secondary N) is 2. The lowest BCUT2D eigenvalue weighted by atomic mass is 9.95. The van der Waals surface area contributed by atoms with Gasteiger partial charge in [-0.1, -0.05) is 0 Å². The third-order valence-corrected chi connectivity index (χ3v) is 3.77. The fourth-order valence-electron chi connectivity index (χ4n) is 2.49. The Morgan fingerprint density at radius 2 is 1.65 bits per heavy atom. The zero-order chi connectivity index (χ0) is 17.8. The normalized spacial score (nSPS) is 17.4. The highest BCUT2D eigenvalue weighted by Gasteiger charge is 2.29. The van der Waals surface area contributed by atoms with Crippen molar-refractivity contribution in [2.75, 3.05) is 27.2 Å². The van der Waals surface area contributed by atoms with Crippen LogP contribution in [0.1, 0.15) is 40.5 Å². The SMILES string of the molecule is CC(NC(=O)C1CCN(C(=O)N(C)C)CC1)C(=O)NC(C)(C)C. The molecule has 1 aliphatic heterocycles. The van der Waals surface area contributed by atoms with Gasteiger partial charge >= 0.3 is 6.03 Å². The highest BCUT2D eigenvalue weighted by molar-refractivity contribution is 5.88. The number of nitrogens with zero attached hydrogens (tertiary/aromatic N) is 2. The van der Waals surface area contributed by atoms with E-state index in [0.717, 1.165) is 0 Å². The number of carbonyl (C=O) groups is 3. The van der Waals surface area contributed by atoms with Crippen molar-refractivity contribution < 1.29 is 14.4 Å². The molecule has 1 aliphatic rings. The lowest BCUT2D eigenvalue weighted by Gasteiger charge is -2.33. The van der Waals surface area contributed by atoms with Crippen molar-refractivity contribution in [1.29, 1.82) is 0 Å². The molecule has 0 aliphatic carbocycles. The summed E-state index contributed by atoms with van der Waals surface area (Å²) in [6.07, 6.45) is 1.25. The highest BCUT2D eigenvalue weighted by Crippen LogP contribution is 2.18. The van der Waals surface area contributed by atoms with Crippen LogP contribution < -0.4 is 10.6 Å². The van der Waals surface area contributed by atoms with Crippen LogP contribution in [0.4, 0.5) is 4.79 Å². The molecule has 0 radical (unpaired) electrons. The predicted molar refractivity (Wildman–Crippen MR) is 88.9 cm³/mol. The minimum absolute atomic E-state index is 0.0261. The molecule has 1 heterocycles. The molecular weight excluding hydrogens is 296 g/mol. The quantitative estimate of drug-likeness (QED) is 0.805. The topological polar surface area (TPSA) is 81.8 Å². The molecule has 0 aromatic heterocycles. The number of carbonyl (C=O) groups excluding carboxylic acids is 3. The third-order valence-electron chi connectivity index (χ3n) is 3.77. The molecule has 1 fully saturated rings. The van der Waals surface area contributed by atoms with Crippen molar-refractivity contribution in [3.05, 3.63) is 0 Å². The molecule has 7 nitrogen and oxygen atoms in total. The number of piperidine rings is 1. The number of hydrogen-bond acceptors (Lipinski definition) is 3. The summed E-state index contributed by atoms with van der Waals surface area (Å²) in [5.74, 6) is -0.448. The minimum Gasteiger partial charge on any atom is -0.350 e. The maximum absolute atomic E-state index is 12.3. The summed E-state index contributed by atoms with van der Waals surface area (Å²) in [6.45, 7) is 8.52. The van der Waals surface area contributed by atoms with Crippen molar-refractivity contribution in [1.82, 2.24) is 20.4 Å². The maximum Gasteiger partial charge on any atom is 0.319 e. The summed E-state index contributed by atoms with van der Waals surface area (Å²) < 4.78 is 0. The van der Waals surface area contributed by atoms with E-state index in [4.69, 9.17) is 0 Å². The van der Waals surface area contributed by atoms with Crippen molar-refractivity contribution in [2.24, 2.45) is 5.92 Å². The van der Waals surface area contributed by atoms with Gasteiger partial charge in [0.15, 0.2) is 0 Å². The van der Waals surface area contributed by atoms with Crippen LogP contribution in [0.3, 0.4) is 0 Å². The molecule has 7 heteroatoms. The second-order valence-electron chi connectivity index (χ2n) is 7.41. The molecule has 4 amide bonds. The van der Waals surface area contributed by atoms with E-state index in [1.165, 1.54) is 0 Å². The first-order chi connectivity index (χ1) is 10.5. The van der Waals surface area contributed by atoms with E-state index < -0.39 is 6.04 Å². The lowest BCUT2D eigenvalue weighted by Crippen LogP contribution is -2.53. The molecule has 0 aromatic carbocycles. The molecule has 1 rings (SSSR count). The first-order valence-electron chi connectivity index (χ1n) is 8.10. The van der Waals surface area contributed by atoms with E-state index in [-0.39, 0.29) is 29.3 Å². The number of rotatable bonds is 3. The zero-order valence-electron chi connectivity index (χ0n) is 15.1. The van der Waals surface area contributed by atoms with Crippen LogP contribution in [0.2, 0.25) is 0 Å². The lowest BCUT2D eigenvalue weighted by molar-refractivity contribution is -0.132. The van der Waals surface area contributed by atoms with Crippen molar-refractivity contribution in [2.45, 2.75) is 52.1 Å². The van der Waals surface area contributed by atoms with Crippen LogP contribution in [-0.2, 0) is 9.59 Å². The highest BCUT2D eigenvalue weighted by atomic mass is 16.2. The van der Waals surface area contributed by atoms with E-state index in [2.05, 4.69) is 10.6 Å². The number of urea groups is 1. The van der Waals surface area contributed by atoms with Crippen LogP contribution in [-0.4, -0.2) is 66.4 Å². The van der Waals surface area contributed by atoms with Gasteiger partial charge in [-0.25, -0.2) is 4.79 Å². The molecule has 1 atom stereocenters. The van der Waals surface area contributed by atoms with Crippen LogP contribution in [0.15, 0.2) is 0 Å². The fourth-order valence-corrected chi connectivity index (χ4v) is 2.49. The molecule has 1 saturated heterocycles. The summed E-state index contributed by atoms with van der Waals surface area (Å²) in [5, 5.41) is 5.62. The smallest absolute Gasteiger partial charge is 0.319 e. The summed E-state index contributed by atoms with van der Waals surface area (Å²) in [4.78, 5) is 39.5. The Morgan fingerprint density at radius 1 is 1.13 bits per heavy atom. The Morgan fingerprint density at radius 3 is 2.09 bits per heavy atom. The summed E-state index contributed by atoms with van der Waals surface area (Å²) in [5.41, 5.74) is -0.325. The molecule has 2 N–H and O–H groups in total. The molecule has 23 heavy (non-hydrogen) atoms. The first kappa shape index (κ1) is 19.3. The van der Waals surface area contributed by atoms with Crippen LogP contribution in [0.25, 0.3) is 0 Å². The summed E-state index contributed by atoms with van der Waals surface area (Å²) >= 11 is 0. The number of hydrogen-bond donors (Lipinski definition) is 2. The number of amides is 4. The van der Waals surface area contributed by atoms with Crippen LogP contribution in [0, 0.1) is 5.92 Å². The van der Waals surface area contributed by atoms with E-state index >= 15 is 0 Å². The molecule has 0 saturated carbocycles. The Labute approximate surface area is 138 Å². The van der Waals surface area contributed by atoms with Crippen LogP contribution >= 0.6 is 0 Å². The maximum atomic E-state index is 12.3. The second-order valence-corrected chi connectivity index (χ2v) is 7.41. The number of likely N-dealkylation sites (tertiary alicyclic amines) is 1. The average molecular weight is 326 g/mol. The molecule has 132 valence electrons. The van der Waals surface area contributed by atoms with Gasteiger partial charge in [-0.05, 0) is 40.5 Å². The predicted octanol–water partition coefficient (Wildman–Crippen LogP) is 0.799. The Hall–Kier alpha value is -1.79. The largest absolute Gasteiger partial charge is 0.350 e. The van der Waals surface area contributed by atoms with E-state index in [0.29, 0.717) is 25.9 Å². The monoisotopic (exact) mass is 326 g/mol. The van der Waals surface area contributed by atoms with Gasteiger partial charge in [0.1, 0.15) is 6.04 Å². The van der Waals surface area contributed by atoms with Gasteiger partial charge in [0.2, 0.25) is 11.8 Å². The summed E-state index contributed by atoms with van der Waals surface area (Å²) in [6, 6.07) is -0.593. The molecule has 0 spiro atoms. The van der Waals surface area contributed by atoms with E-state index in [1.807, 2.05) is 20.8 Å². The summed E-state index contributed by atoms with van der Waals surface area (Å²) in [7, 11) is 3.44. The van der Waals surface area contributed by atoms with Crippen molar-refractivity contribution in [3.8, 4) is 0 Å². The second kappa shape index (κ2) is 7.66. The standard InChI is InChI=1S/C16H30N4O3/c1-11(13(21)18-16(2,3)4)17-14(22)12-7-9-20(10-8-12)15(23)19(5)6/h11-12H,7-10H2,1-6H3,(H,17,22)(H,18,21). The van der Waals surface area contributed by atoms with Crippen molar-refractivity contribution >= 4 is 17.8 Å². The molecular formula is C16H30N4O3. The molecule has 0 aromatic rings. The third kappa shape index (κ3) is 6.08. The van der Waals surface area contributed by atoms with Gasteiger partial charge in [0.05, 0.1) is 0 Å². The Balaban J connectivity index is 2.45. The zero-order valence-corrected chi connectivity index (χ0v) is 15.1. The van der Waals surface area contributed by atoms with Gasteiger partial charge in [-0.15, -0.1) is 0 Å². The Kier molecular flexibility index (Phi) is 6.41. The molecule has 1 unspecified atom stereocenters.